The summed E-state index contributed by atoms with van der Waals surface area (Å²) in [5.41, 5.74) is 8.60. The lowest BCUT2D eigenvalue weighted by molar-refractivity contribution is -0.124. The maximum absolute atomic E-state index is 11.8. The van der Waals surface area contributed by atoms with Gasteiger partial charge in [-0.05, 0) is 55.4 Å². The molecule has 1 amide bonds. The molecule has 2 atom stereocenters. The van der Waals surface area contributed by atoms with Crippen LogP contribution in [0.1, 0.15) is 50.8 Å². The largest absolute Gasteiger partial charge is 0.484 e. The van der Waals surface area contributed by atoms with Gasteiger partial charge in [0.25, 0.3) is 5.91 Å². The van der Waals surface area contributed by atoms with Crippen molar-refractivity contribution >= 4 is 5.91 Å². The maximum atomic E-state index is 11.8. The van der Waals surface area contributed by atoms with Crippen LogP contribution in [0, 0.1) is 5.92 Å². The Kier molecular flexibility index (Phi) is 5.23. The SMILES string of the molecule is CC(C)C(C)NC(=O)COc1ccc2c(c1)[C@H](N)CCC2. The zero-order valence-electron chi connectivity index (χ0n) is 13.2. The molecule has 0 bridgehead atoms. The lowest BCUT2D eigenvalue weighted by Crippen LogP contribution is -2.38. The van der Waals surface area contributed by atoms with Crippen molar-refractivity contribution in [3.8, 4) is 5.75 Å². The minimum Gasteiger partial charge on any atom is -0.484 e. The van der Waals surface area contributed by atoms with E-state index in [0.29, 0.717) is 5.92 Å². The number of carbonyl (C=O) groups excluding carboxylic acids is 1. The van der Waals surface area contributed by atoms with E-state index < -0.39 is 0 Å². The molecule has 0 aromatic heterocycles. The van der Waals surface area contributed by atoms with E-state index in [1.54, 1.807) is 0 Å². The van der Waals surface area contributed by atoms with Crippen LogP contribution in [0.15, 0.2) is 18.2 Å². The number of amides is 1. The van der Waals surface area contributed by atoms with Crippen LogP contribution in [0.5, 0.6) is 5.75 Å². The highest BCUT2D eigenvalue weighted by Gasteiger charge is 2.17. The van der Waals surface area contributed by atoms with E-state index >= 15 is 0 Å². The van der Waals surface area contributed by atoms with Crippen LogP contribution in [0.3, 0.4) is 0 Å². The van der Waals surface area contributed by atoms with Crippen molar-refractivity contribution in [1.82, 2.24) is 5.32 Å². The fourth-order valence-electron chi connectivity index (χ4n) is 2.51. The van der Waals surface area contributed by atoms with Crippen molar-refractivity contribution in [2.24, 2.45) is 11.7 Å². The molecule has 0 heterocycles. The lowest BCUT2D eigenvalue weighted by Gasteiger charge is -2.23. The molecule has 4 heteroatoms. The van der Waals surface area contributed by atoms with E-state index in [4.69, 9.17) is 10.5 Å². The van der Waals surface area contributed by atoms with E-state index in [1.165, 1.54) is 5.56 Å². The van der Waals surface area contributed by atoms with Crippen LogP contribution in [-0.4, -0.2) is 18.6 Å². The molecule has 2 rings (SSSR count). The number of carbonyl (C=O) groups is 1. The average molecular weight is 290 g/mol. The third-order valence-electron chi connectivity index (χ3n) is 4.24. The van der Waals surface area contributed by atoms with Crippen LogP contribution in [-0.2, 0) is 11.2 Å². The molecule has 3 N–H and O–H groups in total. The van der Waals surface area contributed by atoms with Crippen molar-refractivity contribution in [2.75, 3.05) is 6.61 Å². The lowest BCUT2D eigenvalue weighted by atomic mass is 9.88. The van der Waals surface area contributed by atoms with Gasteiger partial charge < -0.3 is 15.8 Å². The number of fused-ring (bicyclic) bond motifs is 1. The average Bonchev–Trinajstić information content (AvgIpc) is 2.45. The first kappa shape index (κ1) is 15.8. The van der Waals surface area contributed by atoms with Gasteiger partial charge in [-0.15, -0.1) is 0 Å². The third kappa shape index (κ3) is 4.21. The molecular weight excluding hydrogens is 264 g/mol. The molecule has 0 aliphatic heterocycles. The van der Waals surface area contributed by atoms with Gasteiger partial charge in [0, 0.05) is 12.1 Å². The summed E-state index contributed by atoms with van der Waals surface area (Å²) < 4.78 is 5.60. The molecule has 1 aliphatic rings. The van der Waals surface area contributed by atoms with E-state index in [1.807, 2.05) is 19.1 Å². The van der Waals surface area contributed by atoms with Gasteiger partial charge >= 0.3 is 0 Å². The van der Waals surface area contributed by atoms with E-state index in [2.05, 4.69) is 25.2 Å². The van der Waals surface area contributed by atoms with Gasteiger partial charge in [-0.1, -0.05) is 19.9 Å². The van der Waals surface area contributed by atoms with Crippen molar-refractivity contribution in [3.63, 3.8) is 0 Å². The Hall–Kier alpha value is -1.55. The number of benzene rings is 1. The first-order chi connectivity index (χ1) is 9.97. The summed E-state index contributed by atoms with van der Waals surface area (Å²) in [6.07, 6.45) is 3.24. The Labute approximate surface area is 127 Å². The second-order valence-electron chi connectivity index (χ2n) is 6.25. The molecular formula is C17H26N2O2. The molecule has 1 aromatic carbocycles. The summed E-state index contributed by atoms with van der Waals surface area (Å²) in [6, 6.07) is 6.22. The Balaban J connectivity index is 1.92. The molecule has 0 radical (unpaired) electrons. The van der Waals surface area contributed by atoms with Gasteiger partial charge in [0.05, 0.1) is 0 Å². The van der Waals surface area contributed by atoms with Crippen LogP contribution in [0.2, 0.25) is 0 Å². The standard InChI is InChI=1S/C17H26N2O2/c1-11(2)12(3)19-17(20)10-21-14-8-7-13-5-4-6-16(18)15(13)9-14/h7-9,11-12,16H,4-6,10,18H2,1-3H3,(H,19,20)/t12?,16-/m1/s1. The molecule has 4 nitrogen and oxygen atoms in total. The summed E-state index contributed by atoms with van der Waals surface area (Å²) in [5.74, 6) is 1.05. The summed E-state index contributed by atoms with van der Waals surface area (Å²) in [7, 11) is 0. The van der Waals surface area contributed by atoms with Crippen molar-refractivity contribution in [3.05, 3.63) is 29.3 Å². The molecule has 1 aliphatic carbocycles. The number of aryl methyl sites for hydroxylation is 1. The smallest absolute Gasteiger partial charge is 0.258 e. The molecule has 21 heavy (non-hydrogen) atoms. The normalized spacial score (nSPS) is 19.0. The minimum absolute atomic E-state index is 0.0467. The number of hydrogen-bond donors (Lipinski definition) is 2. The van der Waals surface area contributed by atoms with Gasteiger partial charge in [-0.3, -0.25) is 4.79 Å². The van der Waals surface area contributed by atoms with Crippen LogP contribution in [0.4, 0.5) is 0 Å². The number of nitrogens with one attached hydrogen (secondary N) is 1. The number of rotatable bonds is 5. The Bertz CT molecular complexity index is 500. The second kappa shape index (κ2) is 6.94. The highest BCUT2D eigenvalue weighted by molar-refractivity contribution is 5.77. The van der Waals surface area contributed by atoms with Gasteiger partial charge in [0.15, 0.2) is 6.61 Å². The summed E-state index contributed by atoms with van der Waals surface area (Å²) in [5, 5.41) is 2.93. The van der Waals surface area contributed by atoms with Crippen molar-refractivity contribution < 1.29 is 9.53 Å². The fourth-order valence-corrected chi connectivity index (χ4v) is 2.51. The number of nitrogens with two attached hydrogens (primary N) is 1. The fraction of sp³-hybridized carbons (Fsp3) is 0.588. The van der Waals surface area contributed by atoms with E-state index in [0.717, 1.165) is 30.6 Å². The minimum atomic E-state index is -0.0850. The van der Waals surface area contributed by atoms with Crippen molar-refractivity contribution in [1.29, 1.82) is 0 Å². The summed E-state index contributed by atoms with van der Waals surface area (Å²) in [6.45, 7) is 6.21. The summed E-state index contributed by atoms with van der Waals surface area (Å²) >= 11 is 0. The van der Waals surface area contributed by atoms with Crippen LogP contribution >= 0.6 is 0 Å². The van der Waals surface area contributed by atoms with Gasteiger partial charge in [-0.2, -0.15) is 0 Å². The molecule has 0 spiro atoms. The topological polar surface area (TPSA) is 64.3 Å². The Morgan fingerprint density at radius 1 is 1.43 bits per heavy atom. The quantitative estimate of drug-likeness (QED) is 0.876. The van der Waals surface area contributed by atoms with Gasteiger partial charge in [0.1, 0.15) is 5.75 Å². The maximum Gasteiger partial charge on any atom is 0.258 e. The number of hydrogen-bond acceptors (Lipinski definition) is 3. The Morgan fingerprint density at radius 2 is 2.19 bits per heavy atom. The zero-order chi connectivity index (χ0) is 15.4. The first-order valence-electron chi connectivity index (χ1n) is 7.78. The zero-order valence-corrected chi connectivity index (χ0v) is 13.2. The number of ether oxygens (including phenoxy) is 1. The highest BCUT2D eigenvalue weighted by atomic mass is 16.5. The molecule has 116 valence electrons. The monoisotopic (exact) mass is 290 g/mol. The Morgan fingerprint density at radius 3 is 2.90 bits per heavy atom. The van der Waals surface area contributed by atoms with Crippen LogP contribution in [0.25, 0.3) is 0 Å². The van der Waals surface area contributed by atoms with Gasteiger partial charge in [0.2, 0.25) is 0 Å². The highest BCUT2D eigenvalue weighted by Crippen LogP contribution is 2.30. The predicted octanol–water partition coefficient (Wildman–Crippen LogP) is 2.56. The summed E-state index contributed by atoms with van der Waals surface area (Å²) in [4.78, 5) is 11.8. The molecule has 0 saturated carbocycles. The first-order valence-corrected chi connectivity index (χ1v) is 7.78. The molecule has 0 fully saturated rings. The van der Waals surface area contributed by atoms with Crippen molar-refractivity contribution in [2.45, 2.75) is 52.1 Å². The predicted molar refractivity (Wildman–Crippen MR) is 84.2 cm³/mol. The molecule has 1 unspecified atom stereocenters. The van der Waals surface area contributed by atoms with Crippen LogP contribution < -0.4 is 15.8 Å². The third-order valence-corrected chi connectivity index (χ3v) is 4.24. The molecule has 1 aromatic rings. The molecule has 0 saturated heterocycles. The second-order valence-corrected chi connectivity index (χ2v) is 6.25. The van der Waals surface area contributed by atoms with Gasteiger partial charge in [-0.25, -0.2) is 0 Å². The van der Waals surface area contributed by atoms with E-state index in [9.17, 15) is 4.79 Å². The van der Waals surface area contributed by atoms with E-state index in [-0.39, 0.29) is 24.6 Å².